The van der Waals surface area contributed by atoms with Gasteiger partial charge in [-0.2, -0.15) is 0 Å². The van der Waals surface area contributed by atoms with Gasteiger partial charge in [-0.05, 0) is 73.0 Å². The van der Waals surface area contributed by atoms with Gasteiger partial charge in [-0.3, -0.25) is 14.5 Å². The maximum atomic E-state index is 14.1. The molecule has 6 nitrogen and oxygen atoms in total. The van der Waals surface area contributed by atoms with Gasteiger partial charge in [0.1, 0.15) is 23.1 Å². The average Bonchev–Trinajstić information content (AvgIpc) is 3.13. The fraction of sp³-hybridized carbons (Fsp3) is 0.214. The van der Waals surface area contributed by atoms with Gasteiger partial charge in [0.25, 0.3) is 11.7 Å². The van der Waals surface area contributed by atoms with Crippen LogP contribution in [0.2, 0.25) is 0 Å². The number of hydrogen-bond donors (Lipinski definition) is 1. The number of hydrogen-bond acceptors (Lipinski definition) is 5. The zero-order valence-corrected chi connectivity index (χ0v) is 19.7. The van der Waals surface area contributed by atoms with E-state index in [1.807, 2.05) is 13.8 Å². The van der Waals surface area contributed by atoms with Gasteiger partial charge in [0.15, 0.2) is 0 Å². The number of aliphatic hydroxyl groups is 1. The van der Waals surface area contributed by atoms with Crippen LogP contribution < -0.4 is 14.4 Å². The van der Waals surface area contributed by atoms with Gasteiger partial charge < -0.3 is 14.6 Å². The summed E-state index contributed by atoms with van der Waals surface area (Å²) >= 11 is 0. The number of ketones is 1. The monoisotopic (exact) mass is 475 g/mol. The minimum atomic E-state index is -0.983. The Morgan fingerprint density at radius 1 is 1.06 bits per heavy atom. The molecule has 0 bridgehead atoms. The lowest BCUT2D eigenvalue weighted by Crippen LogP contribution is -2.29. The Balaban J connectivity index is 1.89. The van der Waals surface area contributed by atoms with Crippen LogP contribution in [0.5, 0.6) is 11.5 Å². The largest absolute Gasteiger partial charge is 0.507 e. The summed E-state index contributed by atoms with van der Waals surface area (Å²) < 4.78 is 25.1. The van der Waals surface area contributed by atoms with Crippen molar-refractivity contribution in [1.82, 2.24) is 0 Å². The van der Waals surface area contributed by atoms with Crippen molar-refractivity contribution in [3.8, 4) is 11.5 Å². The molecule has 1 N–H and O–H groups in total. The number of carbonyl (C=O) groups is 2. The molecule has 1 amide bonds. The van der Waals surface area contributed by atoms with Crippen LogP contribution in [0.3, 0.4) is 0 Å². The van der Waals surface area contributed by atoms with E-state index in [-0.39, 0.29) is 17.0 Å². The quantitative estimate of drug-likeness (QED) is 0.275. The SMILES string of the molecule is CCCOc1ccc(/C(O)=C2\C(=O)C(=O)N(c3cccc(F)c3)C2c2cccc(OC)c2)cc1C. The molecule has 1 aliphatic heterocycles. The highest BCUT2D eigenvalue weighted by molar-refractivity contribution is 6.51. The van der Waals surface area contributed by atoms with Gasteiger partial charge >= 0.3 is 0 Å². The number of amides is 1. The maximum Gasteiger partial charge on any atom is 0.300 e. The molecule has 180 valence electrons. The standard InChI is InChI=1S/C28H26FNO5/c1-4-13-35-23-12-11-19(14-17(23)2)26(31)24-25(18-7-5-10-22(15-18)34-3)30(28(33)27(24)32)21-9-6-8-20(29)16-21/h5-12,14-16,25,31H,4,13H2,1-3H3/b26-24+. The minimum absolute atomic E-state index is 0.0888. The Hall–Kier alpha value is -4.13. The normalized spacial score (nSPS) is 17.0. The molecule has 1 atom stereocenters. The predicted octanol–water partition coefficient (Wildman–Crippen LogP) is 5.56. The van der Waals surface area contributed by atoms with Crippen LogP contribution >= 0.6 is 0 Å². The van der Waals surface area contributed by atoms with E-state index in [9.17, 15) is 19.1 Å². The molecule has 0 aromatic heterocycles. The third-order valence-corrected chi connectivity index (χ3v) is 5.85. The Labute approximate surface area is 203 Å². The fourth-order valence-electron chi connectivity index (χ4n) is 4.18. The summed E-state index contributed by atoms with van der Waals surface area (Å²) in [6.07, 6.45) is 0.852. The van der Waals surface area contributed by atoms with E-state index >= 15 is 0 Å². The summed E-state index contributed by atoms with van der Waals surface area (Å²) in [7, 11) is 1.51. The molecule has 3 aromatic rings. The summed E-state index contributed by atoms with van der Waals surface area (Å²) in [6.45, 7) is 4.40. The van der Waals surface area contributed by atoms with Crippen LogP contribution in [0.4, 0.5) is 10.1 Å². The third-order valence-electron chi connectivity index (χ3n) is 5.85. The molecule has 4 rings (SSSR count). The first-order valence-corrected chi connectivity index (χ1v) is 11.3. The molecule has 1 fully saturated rings. The number of methoxy groups -OCH3 is 1. The number of benzene rings is 3. The van der Waals surface area contributed by atoms with Gasteiger partial charge in [-0.1, -0.05) is 25.1 Å². The first-order chi connectivity index (χ1) is 16.8. The van der Waals surface area contributed by atoms with Crippen LogP contribution in [-0.2, 0) is 9.59 Å². The number of ether oxygens (including phenoxy) is 2. The van der Waals surface area contributed by atoms with Crippen molar-refractivity contribution < 1.29 is 28.6 Å². The van der Waals surface area contributed by atoms with E-state index < -0.39 is 23.5 Å². The van der Waals surface area contributed by atoms with Gasteiger partial charge in [0.05, 0.1) is 25.3 Å². The van der Waals surface area contributed by atoms with Gasteiger partial charge in [-0.15, -0.1) is 0 Å². The lowest BCUT2D eigenvalue weighted by Gasteiger charge is -2.25. The summed E-state index contributed by atoms with van der Waals surface area (Å²) in [6, 6.07) is 16.4. The van der Waals surface area contributed by atoms with Crippen LogP contribution in [0, 0.1) is 12.7 Å². The number of rotatable bonds is 7. The fourth-order valence-corrected chi connectivity index (χ4v) is 4.18. The minimum Gasteiger partial charge on any atom is -0.507 e. The molecule has 0 spiro atoms. The van der Waals surface area contributed by atoms with E-state index in [0.717, 1.165) is 12.0 Å². The van der Waals surface area contributed by atoms with Crippen molar-refractivity contribution in [2.45, 2.75) is 26.3 Å². The summed E-state index contributed by atoms with van der Waals surface area (Å²) in [4.78, 5) is 27.7. The van der Waals surface area contributed by atoms with Crippen molar-refractivity contribution in [3.63, 3.8) is 0 Å². The second-order valence-corrected chi connectivity index (χ2v) is 8.25. The molecule has 0 aliphatic carbocycles. The molecule has 1 unspecified atom stereocenters. The maximum absolute atomic E-state index is 14.1. The second-order valence-electron chi connectivity index (χ2n) is 8.25. The van der Waals surface area contributed by atoms with Gasteiger partial charge in [-0.25, -0.2) is 4.39 Å². The van der Waals surface area contributed by atoms with Gasteiger partial charge in [0.2, 0.25) is 0 Å². The smallest absolute Gasteiger partial charge is 0.300 e. The van der Waals surface area contributed by atoms with E-state index in [0.29, 0.717) is 29.2 Å². The molecule has 1 heterocycles. The Morgan fingerprint density at radius 3 is 2.51 bits per heavy atom. The highest BCUT2D eigenvalue weighted by Crippen LogP contribution is 2.43. The number of halogens is 1. The molecule has 1 aliphatic rings. The van der Waals surface area contributed by atoms with Crippen molar-refractivity contribution in [1.29, 1.82) is 0 Å². The number of carbonyl (C=O) groups excluding carboxylic acids is 2. The first-order valence-electron chi connectivity index (χ1n) is 11.3. The number of aryl methyl sites for hydroxylation is 1. The molecule has 0 saturated carbocycles. The van der Waals surface area contributed by atoms with Crippen molar-refractivity contribution in [2.24, 2.45) is 0 Å². The molecule has 0 radical (unpaired) electrons. The van der Waals surface area contributed by atoms with Crippen LogP contribution in [-0.4, -0.2) is 30.5 Å². The number of nitrogens with zero attached hydrogens (tertiary/aromatic N) is 1. The number of Topliss-reactive ketones (excluding diaryl/α,β-unsaturated/α-hetero) is 1. The molecular formula is C28H26FNO5. The zero-order valence-electron chi connectivity index (χ0n) is 19.7. The molecule has 7 heteroatoms. The summed E-state index contributed by atoms with van der Waals surface area (Å²) in [5, 5.41) is 11.3. The van der Waals surface area contributed by atoms with E-state index in [1.54, 1.807) is 48.5 Å². The van der Waals surface area contributed by atoms with Crippen molar-refractivity contribution in [2.75, 3.05) is 18.6 Å². The van der Waals surface area contributed by atoms with Crippen LogP contribution in [0.15, 0.2) is 72.3 Å². The topological polar surface area (TPSA) is 76.1 Å². The summed E-state index contributed by atoms with van der Waals surface area (Å²) in [5.74, 6) is -1.39. The summed E-state index contributed by atoms with van der Waals surface area (Å²) in [5.41, 5.74) is 1.80. The molecular weight excluding hydrogens is 449 g/mol. The van der Waals surface area contributed by atoms with Crippen molar-refractivity contribution in [3.05, 3.63) is 94.8 Å². The zero-order chi connectivity index (χ0) is 25.1. The predicted molar refractivity (Wildman–Crippen MR) is 131 cm³/mol. The van der Waals surface area contributed by atoms with Crippen LogP contribution in [0.25, 0.3) is 5.76 Å². The Morgan fingerprint density at radius 2 is 1.83 bits per heavy atom. The van der Waals surface area contributed by atoms with Gasteiger partial charge in [0, 0.05) is 11.3 Å². The number of aliphatic hydroxyl groups excluding tert-OH is 1. The highest BCUT2D eigenvalue weighted by atomic mass is 19.1. The number of anilines is 1. The Bertz CT molecular complexity index is 1320. The third kappa shape index (κ3) is 4.62. The molecule has 3 aromatic carbocycles. The van der Waals surface area contributed by atoms with Crippen molar-refractivity contribution >= 4 is 23.1 Å². The molecule has 35 heavy (non-hydrogen) atoms. The average molecular weight is 476 g/mol. The van der Waals surface area contributed by atoms with Crippen LogP contribution in [0.1, 0.15) is 36.1 Å². The second kappa shape index (κ2) is 10.0. The van der Waals surface area contributed by atoms with E-state index in [1.165, 1.54) is 30.2 Å². The van der Waals surface area contributed by atoms with E-state index in [4.69, 9.17) is 9.47 Å². The highest BCUT2D eigenvalue weighted by Gasteiger charge is 2.47. The first kappa shape index (κ1) is 24.0. The van der Waals surface area contributed by atoms with E-state index in [2.05, 4.69) is 0 Å². The lowest BCUT2D eigenvalue weighted by atomic mass is 9.94. The molecule has 1 saturated heterocycles. The Kier molecular flexibility index (Phi) is 6.87. The lowest BCUT2D eigenvalue weighted by molar-refractivity contribution is -0.132.